The molecule has 0 saturated carbocycles. The van der Waals surface area contributed by atoms with Crippen LogP contribution in [0.4, 0.5) is 0 Å². The first-order valence-electron chi connectivity index (χ1n) is 7.80. The summed E-state index contributed by atoms with van der Waals surface area (Å²) < 4.78 is 5.41. The quantitative estimate of drug-likeness (QED) is 0.889. The van der Waals surface area contributed by atoms with E-state index in [1.807, 2.05) is 42.5 Å². The molecule has 1 unspecified atom stereocenters. The third kappa shape index (κ3) is 3.00. The summed E-state index contributed by atoms with van der Waals surface area (Å²) in [6, 6.07) is 18.3. The van der Waals surface area contributed by atoms with Gasteiger partial charge in [-0.2, -0.15) is 0 Å². The number of nitrogens with two attached hydrogens (primary N) is 1. The number of carbonyl (C=O) groups excluding carboxylic acids is 1. The Labute approximate surface area is 136 Å². The zero-order chi connectivity index (χ0) is 16.3. The first-order chi connectivity index (χ1) is 11.2. The van der Waals surface area contributed by atoms with Gasteiger partial charge in [0.15, 0.2) is 0 Å². The smallest absolute Gasteiger partial charge is 0.240 e. The van der Waals surface area contributed by atoms with Gasteiger partial charge in [0.2, 0.25) is 5.91 Å². The molecule has 0 aliphatic carbocycles. The number of fused-ring (bicyclic) bond motifs is 1. The number of nitrogens with zero attached hydrogens (tertiary/aromatic N) is 1. The van der Waals surface area contributed by atoms with Crippen molar-refractivity contribution in [1.29, 1.82) is 0 Å². The monoisotopic (exact) mass is 310 g/mol. The third-order valence-corrected chi connectivity index (χ3v) is 4.63. The predicted molar refractivity (Wildman–Crippen MR) is 89.6 cm³/mol. The summed E-state index contributed by atoms with van der Waals surface area (Å²) in [5.74, 6) is -0.337. The van der Waals surface area contributed by atoms with E-state index in [2.05, 4.69) is 17.0 Å². The molecule has 2 aromatic rings. The molecule has 2 aromatic carbocycles. The van der Waals surface area contributed by atoms with Gasteiger partial charge in [-0.3, -0.25) is 9.69 Å². The van der Waals surface area contributed by atoms with Crippen molar-refractivity contribution in [3.63, 3.8) is 0 Å². The molecule has 2 N–H and O–H groups in total. The highest BCUT2D eigenvalue weighted by molar-refractivity contribution is 5.85. The molecule has 23 heavy (non-hydrogen) atoms. The van der Waals surface area contributed by atoms with E-state index >= 15 is 0 Å². The highest BCUT2D eigenvalue weighted by atomic mass is 16.5. The minimum atomic E-state index is -0.838. The van der Waals surface area contributed by atoms with Crippen LogP contribution in [-0.2, 0) is 29.0 Å². The fraction of sp³-hybridized carbons (Fsp3) is 0.316. The summed E-state index contributed by atoms with van der Waals surface area (Å²) in [6.07, 6.45) is 0.547. The van der Waals surface area contributed by atoms with E-state index in [1.165, 1.54) is 11.1 Å². The van der Waals surface area contributed by atoms with Crippen molar-refractivity contribution in [1.82, 2.24) is 4.90 Å². The van der Waals surface area contributed by atoms with Gasteiger partial charge in [0.1, 0.15) is 5.54 Å². The lowest BCUT2D eigenvalue weighted by Gasteiger charge is -2.38. The summed E-state index contributed by atoms with van der Waals surface area (Å²) in [6.45, 7) is 1.72. The second-order valence-electron chi connectivity index (χ2n) is 6.12. The second-order valence-corrected chi connectivity index (χ2v) is 6.12. The van der Waals surface area contributed by atoms with Gasteiger partial charge in [0.05, 0.1) is 6.61 Å². The number of benzene rings is 2. The predicted octanol–water partition coefficient (Wildman–Crippen LogP) is 2.12. The summed E-state index contributed by atoms with van der Waals surface area (Å²) in [5.41, 5.74) is 8.61. The van der Waals surface area contributed by atoms with Crippen LogP contribution in [0, 0.1) is 0 Å². The Morgan fingerprint density at radius 1 is 1.09 bits per heavy atom. The van der Waals surface area contributed by atoms with E-state index in [4.69, 9.17) is 10.5 Å². The molecule has 0 bridgehead atoms. The summed E-state index contributed by atoms with van der Waals surface area (Å²) in [5, 5.41) is 0. The molecular formula is C19H22N2O2. The number of hydrogen-bond donors (Lipinski definition) is 1. The molecule has 0 saturated heterocycles. The van der Waals surface area contributed by atoms with Crippen molar-refractivity contribution in [2.24, 2.45) is 5.73 Å². The van der Waals surface area contributed by atoms with E-state index < -0.39 is 5.54 Å². The van der Waals surface area contributed by atoms with E-state index in [1.54, 1.807) is 7.11 Å². The van der Waals surface area contributed by atoms with Crippen molar-refractivity contribution in [2.45, 2.75) is 25.0 Å². The molecule has 4 nitrogen and oxygen atoms in total. The number of amides is 1. The van der Waals surface area contributed by atoms with E-state index in [0.29, 0.717) is 6.42 Å². The van der Waals surface area contributed by atoms with Gasteiger partial charge >= 0.3 is 0 Å². The molecular weight excluding hydrogens is 288 g/mol. The number of primary amides is 1. The highest BCUT2D eigenvalue weighted by Gasteiger charge is 2.45. The van der Waals surface area contributed by atoms with Crippen LogP contribution in [0.2, 0.25) is 0 Å². The fourth-order valence-electron chi connectivity index (χ4n) is 3.38. The van der Waals surface area contributed by atoms with Gasteiger partial charge in [0.25, 0.3) is 0 Å². The zero-order valence-corrected chi connectivity index (χ0v) is 13.4. The maximum absolute atomic E-state index is 12.5. The lowest BCUT2D eigenvalue weighted by atomic mass is 9.88. The summed E-state index contributed by atoms with van der Waals surface area (Å²) in [7, 11) is 1.62. The van der Waals surface area contributed by atoms with Crippen LogP contribution in [0.3, 0.4) is 0 Å². The van der Waals surface area contributed by atoms with E-state index in [9.17, 15) is 4.79 Å². The average Bonchev–Trinajstić information content (AvgIpc) is 2.99. The van der Waals surface area contributed by atoms with Crippen LogP contribution >= 0.6 is 0 Å². The van der Waals surface area contributed by atoms with Gasteiger partial charge in [0, 0.05) is 26.6 Å². The molecule has 0 fully saturated rings. The Hall–Kier alpha value is -2.17. The van der Waals surface area contributed by atoms with Gasteiger partial charge in [-0.1, -0.05) is 54.6 Å². The highest BCUT2D eigenvalue weighted by Crippen LogP contribution is 2.32. The normalized spacial score (nSPS) is 16.7. The van der Waals surface area contributed by atoms with Crippen molar-refractivity contribution in [3.05, 3.63) is 71.3 Å². The van der Waals surface area contributed by atoms with Crippen LogP contribution in [0.25, 0.3) is 0 Å². The minimum Gasteiger partial charge on any atom is -0.382 e. The van der Waals surface area contributed by atoms with E-state index in [0.717, 1.165) is 18.7 Å². The first kappa shape index (κ1) is 15.7. The molecule has 1 aliphatic rings. The molecule has 1 amide bonds. The van der Waals surface area contributed by atoms with Crippen LogP contribution in [0.5, 0.6) is 0 Å². The average molecular weight is 310 g/mol. The zero-order valence-electron chi connectivity index (χ0n) is 13.4. The first-order valence-corrected chi connectivity index (χ1v) is 7.80. The molecule has 1 aliphatic heterocycles. The number of ether oxygens (including phenoxy) is 1. The summed E-state index contributed by atoms with van der Waals surface area (Å²) >= 11 is 0. The van der Waals surface area contributed by atoms with Crippen molar-refractivity contribution < 1.29 is 9.53 Å². The minimum absolute atomic E-state index is 0.283. The molecule has 0 radical (unpaired) electrons. The molecule has 4 heteroatoms. The number of methoxy groups -OCH3 is 1. The Morgan fingerprint density at radius 3 is 2.17 bits per heavy atom. The van der Waals surface area contributed by atoms with Gasteiger partial charge < -0.3 is 10.5 Å². The molecule has 1 heterocycles. The lowest BCUT2D eigenvalue weighted by Crippen LogP contribution is -2.60. The molecule has 120 valence electrons. The standard InChI is InChI=1S/C19H22N2O2/c1-23-14-19(18(20)22,11-15-7-3-2-4-8-15)21-12-16-9-5-6-10-17(16)13-21/h2-10H,11-14H2,1H3,(H2,20,22). The van der Waals surface area contributed by atoms with Gasteiger partial charge in [-0.05, 0) is 16.7 Å². The van der Waals surface area contributed by atoms with Crippen molar-refractivity contribution >= 4 is 5.91 Å². The second kappa shape index (κ2) is 6.52. The SMILES string of the molecule is COCC(Cc1ccccc1)(C(N)=O)N1Cc2ccccc2C1. The molecule has 3 rings (SSSR count). The largest absolute Gasteiger partial charge is 0.382 e. The fourth-order valence-corrected chi connectivity index (χ4v) is 3.38. The maximum Gasteiger partial charge on any atom is 0.240 e. The molecule has 0 aromatic heterocycles. The third-order valence-electron chi connectivity index (χ3n) is 4.63. The number of hydrogen-bond acceptors (Lipinski definition) is 3. The lowest BCUT2D eigenvalue weighted by molar-refractivity contribution is -0.135. The van der Waals surface area contributed by atoms with Crippen molar-refractivity contribution in [3.8, 4) is 0 Å². The Morgan fingerprint density at radius 2 is 1.65 bits per heavy atom. The van der Waals surface area contributed by atoms with Crippen LogP contribution in [-0.4, -0.2) is 30.1 Å². The van der Waals surface area contributed by atoms with E-state index in [-0.39, 0.29) is 12.5 Å². The number of carbonyl (C=O) groups is 1. The number of rotatable bonds is 6. The Kier molecular flexibility index (Phi) is 4.46. The molecule has 1 atom stereocenters. The van der Waals surface area contributed by atoms with Crippen molar-refractivity contribution in [2.75, 3.05) is 13.7 Å². The van der Waals surface area contributed by atoms with Gasteiger partial charge in [-0.25, -0.2) is 0 Å². The Balaban J connectivity index is 1.94. The van der Waals surface area contributed by atoms with Crippen LogP contribution in [0.1, 0.15) is 16.7 Å². The topological polar surface area (TPSA) is 55.6 Å². The molecule has 0 spiro atoms. The Bertz CT molecular complexity index is 662. The van der Waals surface area contributed by atoms with Gasteiger partial charge in [-0.15, -0.1) is 0 Å². The van der Waals surface area contributed by atoms with Crippen LogP contribution < -0.4 is 5.73 Å². The van der Waals surface area contributed by atoms with Crippen LogP contribution in [0.15, 0.2) is 54.6 Å². The summed E-state index contributed by atoms with van der Waals surface area (Å²) in [4.78, 5) is 14.6. The maximum atomic E-state index is 12.5.